The van der Waals surface area contributed by atoms with Crippen molar-refractivity contribution in [2.45, 2.75) is 26.7 Å². The third kappa shape index (κ3) is 7.09. The molecule has 2 amide bonds. The van der Waals surface area contributed by atoms with Gasteiger partial charge in [0, 0.05) is 17.8 Å². The fourth-order valence-electron chi connectivity index (χ4n) is 2.90. The normalized spacial score (nSPS) is 10.4. The fraction of sp³-hybridized carbons (Fsp3) is 0.391. The standard InChI is InChI=1S/C23H30N2O6/c1-15(2)14-31-23(27)25-18-8-6-7-17(13-18)24-20(26)12-10-16-9-11-19(28-3)22(30-5)21(16)29-4/h6-9,11,13,15H,10,12,14H2,1-5H3,(H,24,26)(H,25,27). The highest BCUT2D eigenvalue weighted by Gasteiger charge is 2.16. The molecular weight excluding hydrogens is 400 g/mol. The van der Waals surface area contributed by atoms with E-state index in [4.69, 9.17) is 18.9 Å². The number of benzene rings is 2. The molecule has 2 aromatic rings. The molecule has 0 bridgehead atoms. The van der Waals surface area contributed by atoms with Crippen LogP contribution in [-0.4, -0.2) is 39.9 Å². The van der Waals surface area contributed by atoms with Crippen LogP contribution in [0.4, 0.5) is 16.2 Å². The molecule has 2 N–H and O–H groups in total. The van der Waals surface area contributed by atoms with Gasteiger partial charge >= 0.3 is 6.09 Å². The minimum Gasteiger partial charge on any atom is -0.493 e. The molecule has 0 aliphatic heterocycles. The number of carbonyl (C=O) groups excluding carboxylic acids is 2. The molecule has 0 atom stereocenters. The van der Waals surface area contributed by atoms with Gasteiger partial charge in [-0.1, -0.05) is 26.0 Å². The molecule has 8 nitrogen and oxygen atoms in total. The van der Waals surface area contributed by atoms with Crippen molar-refractivity contribution in [3.05, 3.63) is 42.0 Å². The smallest absolute Gasteiger partial charge is 0.411 e. The highest BCUT2D eigenvalue weighted by molar-refractivity contribution is 5.92. The van der Waals surface area contributed by atoms with Gasteiger partial charge in [-0.3, -0.25) is 10.1 Å². The number of hydrogen-bond donors (Lipinski definition) is 2. The SMILES string of the molecule is COc1ccc(CCC(=O)Nc2cccc(NC(=O)OCC(C)C)c2)c(OC)c1OC. The van der Waals surface area contributed by atoms with Gasteiger partial charge in [0.05, 0.1) is 27.9 Å². The number of hydrogen-bond acceptors (Lipinski definition) is 6. The molecule has 2 rings (SSSR count). The van der Waals surface area contributed by atoms with Gasteiger partial charge in [-0.2, -0.15) is 0 Å². The zero-order chi connectivity index (χ0) is 22.8. The maximum absolute atomic E-state index is 12.5. The average Bonchev–Trinajstić information content (AvgIpc) is 2.75. The minimum absolute atomic E-state index is 0.170. The number of nitrogens with one attached hydrogen (secondary N) is 2. The summed E-state index contributed by atoms with van der Waals surface area (Å²) >= 11 is 0. The van der Waals surface area contributed by atoms with Gasteiger partial charge in [0.1, 0.15) is 0 Å². The van der Waals surface area contributed by atoms with Crippen molar-refractivity contribution in [3.8, 4) is 17.2 Å². The van der Waals surface area contributed by atoms with Gasteiger partial charge in [-0.05, 0) is 42.2 Å². The van der Waals surface area contributed by atoms with Crippen molar-refractivity contribution in [2.75, 3.05) is 38.6 Å². The Morgan fingerprint density at radius 3 is 2.19 bits per heavy atom. The number of amides is 2. The number of carbonyl (C=O) groups is 2. The monoisotopic (exact) mass is 430 g/mol. The Labute approximate surface area is 182 Å². The molecule has 0 heterocycles. The van der Waals surface area contributed by atoms with E-state index in [1.54, 1.807) is 44.6 Å². The zero-order valence-corrected chi connectivity index (χ0v) is 18.6. The number of anilines is 2. The first kappa shape index (κ1) is 23.9. The average molecular weight is 431 g/mol. The van der Waals surface area contributed by atoms with E-state index in [2.05, 4.69) is 10.6 Å². The molecule has 0 radical (unpaired) electrons. The number of ether oxygens (including phenoxy) is 4. The molecule has 0 spiro atoms. The lowest BCUT2D eigenvalue weighted by molar-refractivity contribution is -0.116. The van der Waals surface area contributed by atoms with Gasteiger partial charge in [0.15, 0.2) is 11.5 Å². The van der Waals surface area contributed by atoms with E-state index in [0.717, 1.165) is 5.56 Å². The Morgan fingerprint density at radius 2 is 1.58 bits per heavy atom. The zero-order valence-electron chi connectivity index (χ0n) is 18.6. The Kier molecular flexibility index (Phi) is 8.99. The third-order valence-corrected chi connectivity index (χ3v) is 4.35. The van der Waals surface area contributed by atoms with Crippen LogP contribution in [0, 0.1) is 5.92 Å². The van der Waals surface area contributed by atoms with Crippen molar-refractivity contribution >= 4 is 23.4 Å². The summed E-state index contributed by atoms with van der Waals surface area (Å²) in [5, 5.41) is 5.49. The summed E-state index contributed by atoms with van der Waals surface area (Å²) < 4.78 is 21.2. The Balaban J connectivity index is 1.97. The van der Waals surface area contributed by atoms with Crippen LogP contribution in [0.5, 0.6) is 17.2 Å². The first-order chi connectivity index (χ1) is 14.9. The van der Waals surface area contributed by atoms with Crippen LogP contribution in [-0.2, 0) is 16.0 Å². The van der Waals surface area contributed by atoms with Crippen molar-refractivity contribution in [1.29, 1.82) is 0 Å². The highest BCUT2D eigenvalue weighted by Crippen LogP contribution is 2.40. The maximum Gasteiger partial charge on any atom is 0.411 e. The van der Waals surface area contributed by atoms with E-state index < -0.39 is 6.09 Å². The summed E-state index contributed by atoms with van der Waals surface area (Å²) in [6.07, 6.45) is 0.159. The van der Waals surface area contributed by atoms with Gasteiger partial charge in [-0.15, -0.1) is 0 Å². The molecule has 0 saturated heterocycles. The Morgan fingerprint density at radius 1 is 0.903 bits per heavy atom. The summed E-state index contributed by atoms with van der Waals surface area (Å²) in [7, 11) is 4.64. The molecule has 168 valence electrons. The first-order valence-corrected chi connectivity index (χ1v) is 9.99. The topological polar surface area (TPSA) is 95.1 Å². The second kappa shape index (κ2) is 11.7. The summed E-state index contributed by atoms with van der Waals surface area (Å²) in [4.78, 5) is 24.3. The summed E-state index contributed by atoms with van der Waals surface area (Å²) in [5.41, 5.74) is 1.94. The predicted molar refractivity (Wildman–Crippen MR) is 119 cm³/mol. The van der Waals surface area contributed by atoms with Crippen LogP contribution in [0.25, 0.3) is 0 Å². The molecule has 0 fully saturated rings. The molecule has 0 aliphatic rings. The third-order valence-electron chi connectivity index (χ3n) is 4.35. The minimum atomic E-state index is -0.530. The second-order valence-electron chi connectivity index (χ2n) is 7.24. The van der Waals surface area contributed by atoms with E-state index in [1.807, 2.05) is 19.9 Å². The van der Waals surface area contributed by atoms with Crippen molar-refractivity contribution in [3.63, 3.8) is 0 Å². The molecule has 0 aliphatic carbocycles. The number of rotatable bonds is 10. The maximum atomic E-state index is 12.5. The van der Waals surface area contributed by atoms with E-state index in [9.17, 15) is 9.59 Å². The van der Waals surface area contributed by atoms with Crippen LogP contribution in [0.1, 0.15) is 25.8 Å². The lowest BCUT2D eigenvalue weighted by atomic mass is 10.1. The molecule has 2 aromatic carbocycles. The first-order valence-electron chi connectivity index (χ1n) is 9.99. The van der Waals surface area contributed by atoms with E-state index >= 15 is 0 Å². The highest BCUT2D eigenvalue weighted by atomic mass is 16.5. The van der Waals surface area contributed by atoms with Gasteiger partial charge < -0.3 is 24.3 Å². The number of aryl methyl sites for hydroxylation is 1. The van der Waals surface area contributed by atoms with Crippen molar-refractivity contribution in [2.24, 2.45) is 5.92 Å². The van der Waals surface area contributed by atoms with Crippen molar-refractivity contribution < 1.29 is 28.5 Å². The molecule has 0 unspecified atom stereocenters. The van der Waals surface area contributed by atoms with Crippen LogP contribution in [0.15, 0.2) is 36.4 Å². The van der Waals surface area contributed by atoms with Crippen LogP contribution in [0.2, 0.25) is 0 Å². The number of methoxy groups -OCH3 is 3. The van der Waals surface area contributed by atoms with Crippen LogP contribution in [0.3, 0.4) is 0 Å². The van der Waals surface area contributed by atoms with E-state index in [0.29, 0.717) is 41.7 Å². The largest absolute Gasteiger partial charge is 0.493 e. The van der Waals surface area contributed by atoms with Crippen LogP contribution < -0.4 is 24.8 Å². The Hall–Kier alpha value is -3.42. The second-order valence-corrected chi connectivity index (χ2v) is 7.24. The van der Waals surface area contributed by atoms with Gasteiger partial charge in [0.25, 0.3) is 0 Å². The molecular formula is C23H30N2O6. The van der Waals surface area contributed by atoms with Crippen molar-refractivity contribution in [1.82, 2.24) is 0 Å². The summed E-state index contributed by atoms with van der Waals surface area (Å²) in [5.74, 6) is 1.67. The van der Waals surface area contributed by atoms with E-state index in [1.165, 1.54) is 7.11 Å². The molecule has 0 saturated carbocycles. The summed E-state index contributed by atoms with van der Waals surface area (Å²) in [6.45, 7) is 4.25. The van der Waals surface area contributed by atoms with Crippen LogP contribution >= 0.6 is 0 Å². The quantitative estimate of drug-likeness (QED) is 0.577. The lowest BCUT2D eigenvalue weighted by Crippen LogP contribution is -2.17. The fourth-order valence-corrected chi connectivity index (χ4v) is 2.90. The predicted octanol–water partition coefficient (Wildman–Crippen LogP) is 4.49. The van der Waals surface area contributed by atoms with E-state index in [-0.39, 0.29) is 18.2 Å². The molecule has 31 heavy (non-hydrogen) atoms. The van der Waals surface area contributed by atoms with Gasteiger partial charge in [0.2, 0.25) is 11.7 Å². The Bertz CT molecular complexity index is 898. The lowest BCUT2D eigenvalue weighted by Gasteiger charge is -2.15. The van der Waals surface area contributed by atoms with Gasteiger partial charge in [-0.25, -0.2) is 4.79 Å². The molecule has 8 heteroatoms. The summed E-state index contributed by atoms with van der Waals surface area (Å²) in [6, 6.07) is 10.5. The molecule has 0 aromatic heterocycles.